The number of rotatable bonds is 3. The summed E-state index contributed by atoms with van der Waals surface area (Å²) in [5.74, 6) is -0.479. The largest absolute Gasteiger partial charge is 0.506 e. The number of anilines is 1. The van der Waals surface area contributed by atoms with Crippen molar-refractivity contribution in [2.24, 2.45) is 0 Å². The van der Waals surface area contributed by atoms with Gasteiger partial charge in [0, 0.05) is 16.4 Å². The molecule has 2 aromatic rings. The first-order valence-corrected chi connectivity index (χ1v) is 8.44. The van der Waals surface area contributed by atoms with Crippen molar-refractivity contribution in [1.82, 2.24) is 10.6 Å². The number of phenols is 1. The third kappa shape index (κ3) is 3.76. The maximum Gasteiger partial charge on any atom is 0.319 e. The Hall–Kier alpha value is -2.70. The molecular formula is C18H15Cl2N3O3. The van der Waals surface area contributed by atoms with Crippen LogP contribution in [0.25, 0.3) is 0 Å². The van der Waals surface area contributed by atoms with Crippen molar-refractivity contribution in [3.05, 3.63) is 69.3 Å². The summed E-state index contributed by atoms with van der Waals surface area (Å²) in [6.45, 7) is 1.64. The van der Waals surface area contributed by atoms with Crippen LogP contribution in [0.2, 0.25) is 10.0 Å². The number of halogens is 2. The van der Waals surface area contributed by atoms with Crippen LogP contribution in [0, 0.1) is 0 Å². The molecule has 3 rings (SSSR count). The first-order valence-electron chi connectivity index (χ1n) is 7.69. The van der Waals surface area contributed by atoms with Crippen LogP contribution in [-0.2, 0) is 4.79 Å². The summed E-state index contributed by atoms with van der Waals surface area (Å²) in [5.41, 5.74) is 1.84. The Balaban J connectivity index is 1.97. The summed E-state index contributed by atoms with van der Waals surface area (Å²) >= 11 is 11.9. The Morgan fingerprint density at radius 2 is 1.96 bits per heavy atom. The molecule has 0 radical (unpaired) electrons. The molecule has 1 unspecified atom stereocenters. The van der Waals surface area contributed by atoms with Gasteiger partial charge in [0.05, 0.1) is 16.6 Å². The minimum Gasteiger partial charge on any atom is -0.506 e. The molecule has 6 nitrogen and oxygen atoms in total. The average Bonchev–Trinajstić information content (AvgIpc) is 2.56. The molecule has 1 atom stereocenters. The van der Waals surface area contributed by atoms with E-state index in [0.717, 1.165) is 0 Å². The zero-order valence-corrected chi connectivity index (χ0v) is 15.2. The molecule has 1 aliphatic heterocycles. The summed E-state index contributed by atoms with van der Waals surface area (Å²) < 4.78 is 0. The molecule has 8 heteroatoms. The number of nitrogens with one attached hydrogen (secondary N) is 3. The number of carbonyl (C=O) groups is 2. The number of benzene rings is 2. The second-order valence-corrected chi connectivity index (χ2v) is 6.59. The van der Waals surface area contributed by atoms with Crippen molar-refractivity contribution in [2.45, 2.75) is 13.0 Å². The Kier molecular flexibility index (Phi) is 5.06. The van der Waals surface area contributed by atoms with E-state index in [9.17, 15) is 14.7 Å². The normalized spacial score (nSPS) is 16.7. The highest BCUT2D eigenvalue weighted by molar-refractivity contribution is 6.32. The topological polar surface area (TPSA) is 90.5 Å². The molecule has 0 saturated heterocycles. The van der Waals surface area contributed by atoms with Gasteiger partial charge in [-0.15, -0.1) is 0 Å². The summed E-state index contributed by atoms with van der Waals surface area (Å²) in [7, 11) is 0. The van der Waals surface area contributed by atoms with Gasteiger partial charge in [0.15, 0.2) is 0 Å². The lowest BCUT2D eigenvalue weighted by molar-refractivity contribution is -0.113. The number of amides is 3. The zero-order valence-electron chi connectivity index (χ0n) is 13.6. The smallest absolute Gasteiger partial charge is 0.319 e. The molecular weight excluding hydrogens is 377 g/mol. The van der Waals surface area contributed by atoms with Crippen LogP contribution in [-0.4, -0.2) is 17.0 Å². The highest BCUT2D eigenvalue weighted by Gasteiger charge is 2.31. The Labute approximate surface area is 159 Å². The van der Waals surface area contributed by atoms with E-state index in [1.807, 2.05) is 0 Å². The maximum atomic E-state index is 12.8. The molecule has 0 spiro atoms. The first-order chi connectivity index (χ1) is 12.3. The van der Waals surface area contributed by atoms with E-state index in [1.54, 1.807) is 37.3 Å². The monoisotopic (exact) mass is 391 g/mol. The summed E-state index contributed by atoms with van der Waals surface area (Å²) in [6.07, 6.45) is 0. The highest BCUT2D eigenvalue weighted by atomic mass is 35.5. The van der Waals surface area contributed by atoms with Crippen LogP contribution in [0.1, 0.15) is 18.5 Å². The fourth-order valence-electron chi connectivity index (χ4n) is 2.71. The van der Waals surface area contributed by atoms with Gasteiger partial charge in [-0.2, -0.15) is 0 Å². The summed E-state index contributed by atoms with van der Waals surface area (Å²) in [6, 6.07) is 10.1. The van der Waals surface area contributed by atoms with E-state index in [1.165, 1.54) is 12.1 Å². The van der Waals surface area contributed by atoms with Gasteiger partial charge in [-0.1, -0.05) is 35.3 Å². The van der Waals surface area contributed by atoms with Crippen LogP contribution in [0.5, 0.6) is 5.75 Å². The molecule has 0 fully saturated rings. The van der Waals surface area contributed by atoms with Crippen LogP contribution in [0.3, 0.4) is 0 Å². The summed E-state index contributed by atoms with van der Waals surface area (Å²) in [4.78, 5) is 24.7. The van der Waals surface area contributed by atoms with E-state index >= 15 is 0 Å². The standard InChI is InChI=1S/C18H15Cl2N3O3/c1-9-15(17(25)22-12-4-2-3-11(19)8-12)16(23-18(26)21-9)10-5-6-14(24)13(20)7-10/h2-8,16,24H,1H3,(H,22,25)(H2,21,23,26). The van der Waals surface area contributed by atoms with Gasteiger partial charge in [-0.25, -0.2) is 4.79 Å². The van der Waals surface area contributed by atoms with Crippen molar-refractivity contribution >= 4 is 40.8 Å². The number of carbonyl (C=O) groups excluding carboxylic acids is 2. The van der Waals surface area contributed by atoms with Gasteiger partial charge in [0.25, 0.3) is 5.91 Å². The van der Waals surface area contributed by atoms with Crippen molar-refractivity contribution in [1.29, 1.82) is 0 Å². The molecule has 0 aliphatic carbocycles. The van der Waals surface area contributed by atoms with Crippen molar-refractivity contribution in [3.8, 4) is 5.75 Å². The predicted octanol–water partition coefficient (Wildman–Crippen LogP) is 3.97. The van der Waals surface area contributed by atoms with Crippen LogP contribution >= 0.6 is 23.2 Å². The average molecular weight is 392 g/mol. The molecule has 0 saturated carbocycles. The van der Waals surface area contributed by atoms with Gasteiger partial charge >= 0.3 is 6.03 Å². The van der Waals surface area contributed by atoms with Gasteiger partial charge < -0.3 is 21.1 Å². The van der Waals surface area contributed by atoms with Crippen molar-refractivity contribution < 1.29 is 14.7 Å². The lowest BCUT2D eigenvalue weighted by Crippen LogP contribution is -2.45. The molecule has 0 bridgehead atoms. The third-order valence-corrected chi connectivity index (χ3v) is 4.44. The quantitative estimate of drug-likeness (QED) is 0.637. The molecule has 2 aromatic carbocycles. The second-order valence-electron chi connectivity index (χ2n) is 5.75. The SMILES string of the molecule is CC1=C(C(=O)Nc2cccc(Cl)c2)C(c2ccc(O)c(Cl)c2)NC(=O)N1. The van der Waals surface area contributed by atoms with Gasteiger partial charge in [0.1, 0.15) is 5.75 Å². The molecule has 3 amide bonds. The lowest BCUT2D eigenvalue weighted by atomic mass is 9.94. The number of allylic oxidation sites excluding steroid dienone is 1. The number of aromatic hydroxyl groups is 1. The van der Waals surface area contributed by atoms with Crippen molar-refractivity contribution in [2.75, 3.05) is 5.32 Å². The lowest BCUT2D eigenvalue weighted by Gasteiger charge is -2.28. The maximum absolute atomic E-state index is 12.8. The molecule has 4 N–H and O–H groups in total. The molecule has 26 heavy (non-hydrogen) atoms. The Morgan fingerprint density at radius 1 is 1.19 bits per heavy atom. The molecule has 1 heterocycles. The Bertz CT molecular complexity index is 928. The van der Waals surface area contributed by atoms with Gasteiger partial charge in [-0.05, 0) is 42.8 Å². The fourth-order valence-corrected chi connectivity index (χ4v) is 3.09. The van der Waals surface area contributed by atoms with Crippen molar-refractivity contribution in [3.63, 3.8) is 0 Å². The van der Waals surface area contributed by atoms with Gasteiger partial charge in [-0.3, -0.25) is 4.79 Å². The number of hydrogen-bond acceptors (Lipinski definition) is 3. The minimum atomic E-state index is -0.721. The fraction of sp³-hybridized carbons (Fsp3) is 0.111. The zero-order chi connectivity index (χ0) is 18.8. The van der Waals surface area contributed by atoms with Crippen LogP contribution < -0.4 is 16.0 Å². The van der Waals surface area contributed by atoms with E-state index in [0.29, 0.717) is 27.5 Å². The van der Waals surface area contributed by atoms with Crippen LogP contribution in [0.4, 0.5) is 10.5 Å². The van der Waals surface area contributed by atoms with E-state index in [-0.39, 0.29) is 10.8 Å². The molecule has 0 aromatic heterocycles. The van der Waals surface area contributed by atoms with Crippen LogP contribution in [0.15, 0.2) is 53.7 Å². The minimum absolute atomic E-state index is 0.0821. The number of phenolic OH excluding ortho intramolecular Hbond substituents is 1. The third-order valence-electron chi connectivity index (χ3n) is 3.90. The molecule has 1 aliphatic rings. The van der Waals surface area contributed by atoms with E-state index in [2.05, 4.69) is 16.0 Å². The second kappa shape index (κ2) is 7.27. The summed E-state index contributed by atoms with van der Waals surface area (Å²) in [5, 5.41) is 18.3. The highest BCUT2D eigenvalue weighted by Crippen LogP contribution is 2.32. The molecule has 134 valence electrons. The first kappa shape index (κ1) is 18.1. The Morgan fingerprint density at radius 3 is 2.65 bits per heavy atom. The van der Waals surface area contributed by atoms with Gasteiger partial charge in [0.2, 0.25) is 0 Å². The van der Waals surface area contributed by atoms with E-state index < -0.39 is 18.0 Å². The predicted molar refractivity (Wildman–Crippen MR) is 100 cm³/mol. The number of hydrogen-bond donors (Lipinski definition) is 4. The number of urea groups is 1. The van der Waals surface area contributed by atoms with E-state index in [4.69, 9.17) is 23.2 Å².